The maximum Gasteiger partial charge on any atom is 0.325 e. The van der Waals surface area contributed by atoms with Gasteiger partial charge in [0.2, 0.25) is 17.5 Å². The van der Waals surface area contributed by atoms with Gasteiger partial charge in [-0.2, -0.15) is 4.58 Å². The van der Waals surface area contributed by atoms with E-state index in [0.717, 1.165) is 77.2 Å². The topological polar surface area (TPSA) is 184 Å². The predicted octanol–water partition coefficient (Wildman–Crippen LogP) is 4.62. The van der Waals surface area contributed by atoms with Crippen molar-refractivity contribution in [2.45, 2.75) is 102 Å². The number of para-hydroxylation sites is 2. The highest BCUT2D eigenvalue weighted by atomic mass is 32.2. The molecule has 1 fully saturated rings. The first-order valence-electron chi connectivity index (χ1n) is 24.1. The number of hydrogen-bond donors (Lipinski definition) is 4. The summed E-state index contributed by atoms with van der Waals surface area (Å²) in [5.74, 6) is -3.05. The van der Waals surface area contributed by atoms with E-state index >= 15 is 0 Å². The van der Waals surface area contributed by atoms with Gasteiger partial charge < -0.3 is 39.2 Å². The zero-order chi connectivity index (χ0) is 50.5. The normalized spacial score (nSPS) is 20.2. The van der Waals surface area contributed by atoms with Gasteiger partial charge in [0.25, 0.3) is 0 Å². The van der Waals surface area contributed by atoms with Gasteiger partial charge in [-0.3, -0.25) is 19.2 Å². The molecule has 0 saturated carbocycles. The molecule has 16 nitrogen and oxygen atoms in total. The Labute approximate surface area is 414 Å². The molecular formula is C51H73N8O8S2+. The van der Waals surface area contributed by atoms with Crippen LogP contribution >= 0.6 is 12.8 Å². The average Bonchev–Trinajstić information content (AvgIpc) is 3.89. The first-order chi connectivity index (χ1) is 32.5. The Bertz CT molecular complexity index is 2530. The number of quaternary nitrogens is 1. The van der Waals surface area contributed by atoms with E-state index in [2.05, 4.69) is 116 Å². The van der Waals surface area contributed by atoms with Crippen LogP contribution in [0.25, 0.3) is 0 Å². The maximum absolute atomic E-state index is 14.9. The van der Waals surface area contributed by atoms with Gasteiger partial charge >= 0.3 is 5.97 Å². The van der Waals surface area contributed by atoms with Crippen molar-refractivity contribution in [2.24, 2.45) is 0 Å². The van der Waals surface area contributed by atoms with Crippen molar-refractivity contribution >= 4 is 63.6 Å². The number of likely N-dealkylation sites (N-methyl/N-ethyl adjacent to an activating group) is 1. The molecule has 18 heteroatoms. The molecule has 3 aliphatic heterocycles. The van der Waals surface area contributed by atoms with Crippen LogP contribution in [0.4, 0.5) is 11.4 Å². The fourth-order valence-corrected chi connectivity index (χ4v) is 11.0. The van der Waals surface area contributed by atoms with E-state index in [1.54, 1.807) is 0 Å². The molecule has 1 aliphatic carbocycles. The summed E-state index contributed by atoms with van der Waals surface area (Å²) in [7, 11) is 5.49. The summed E-state index contributed by atoms with van der Waals surface area (Å²) in [5, 5.41) is 5.36. The van der Waals surface area contributed by atoms with Crippen LogP contribution in [0.2, 0.25) is 0 Å². The van der Waals surface area contributed by atoms with Crippen LogP contribution < -0.4 is 20.4 Å². The van der Waals surface area contributed by atoms with Crippen LogP contribution in [0.3, 0.4) is 0 Å². The number of carbonyl (C=O) groups is 4. The number of carbonyl (C=O) groups excluding carboxylic acids is 4. The monoisotopic (exact) mass is 989 g/mol. The van der Waals surface area contributed by atoms with Gasteiger partial charge in [-0.05, 0) is 83.7 Å². The van der Waals surface area contributed by atoms with Crippen LogP contribution in [0.5, 0.6) is 0 Å². The van der Waals surface area contributed by atoms with E-state index < -0.39 is 56.6 Å². The molecule has 2 aromatic carbocycles. The third kappa shape index (κ3) is 12.6. The Hall–Kier alpha value is -4.85. The minimum atomic E-state index is -4.95. The zero-order valence-corrected chi connectivity index (χ0v) is 43.6. The summed E-state index contributed by atoms with van der Waals surface area (Å²) in [6.45, 7) is 12.1. The number of nitrogens with one attached hydrogen (secondary N) is 3. The number of hydrogen-bond acceptors (Lipinski definition) is 13. The fraction of sp³-hybridized carbons (Fsp3) is 0.549. The van der Waals surface area contributed by atoms with E-state index in [0.29, 0.717) is 55.7 Å². The van der Waals surface area contributed by atoms with Crippen molar-refractivity contribution in [3.8, 4) is 0 Å². The van der Waals surface area contributed by atoms with Gasteiger partial charge in [-0.25, -0.2) is 8.42 Å². The number of amides is 2. The van der Waals surface area contributed by atoms with Crippen LogP contribution in [0.15, 0.2) is 83.2 Å². The second-order valence-electron chi connectivity index (χ2n) is 20.9. The maximum atomic E-state index is 14.9. The molecule has 4 aliphatic rings. The molecule has 3 heterocycles. The molecule has 0 aromatic heterocycles. The number of anilines is 1. The molecule has 1 unspecified atom stereocenters. The molecule has 376 valence electrons. The van der Waals surface area contributed by atoms with Crippen molar-refractivity contribution in [3.05, 3.63) is 94.4 Å². The fourth-order valence-electron chi connectivity index (χ4n) is 10.2. The lowest BCUT2D eigenvalue weighted by molar-refractivity contribution is -0.870. The van der Waals surface area contributed by atoms with Crippen LogP contribution in [-0.4, -0.2) is 153 Å². The Balaban J connectivity index is 1.29. The molecule has 3 N–H and O–H groups in total. The number of Topliss-reactive ketones (excluding diaryl/α,β-unsaturated/α-hetero) is 1. The lowest BCUT2D eigenvalue weighted by Gasteiger charge is -2.37. The average molecular weight is 990 g/mol. The summed E-state index contributed by atoms with van der Waals surface area (Å²) in [4.78, 5) is 67.5. The van der Waals surface area contributed by atoms with E-state index in [1.165, 1.54) is 0 Å². The first-order valence-corrected chi connectivity index (χ1v) is 26.2. The van der Waals surface area contributed by atoms with Gasteiger partial charge in [0.1, 0.15) is 19.1 Å². The number of benzene rings is 2. The van der Waals surface area contributed by atoms with E-state index in [-0.39, 0.29) is 18.7 Å². The van der Waals surface area contributed by atoms with Crippen LogP contribution in [0.1, 0.15) is 90.2 Å². The van der Waals surface area contributed by atoms with Crippen molar-refractivity contribution in [1.82, 2.24) is 25.3 Å². The molecule has 0 bridgehead atoms. The lowest BCUT2D eigenvalue weighted by atomic mass is 9.76. The number of likely N-dealkylation sites (tertiary alicyclic amines) is 1. The second kappa shape index (κ2) is 22.1. The van der Waals surface area contributed by atoms with Crippen molar-refractivity contribution in [1.29, 1.82) is 0 Å². The van der Waals surface area contributed by atoms with Crippen molar-refractivity contribution in [3.63, 3.8) is 0 Å². The number of fused-ring (bicyclic) bond motifs is 2. The summed E-state index contributed by atoms with van der Waals surface area (Å²) in [6.07, 6.45) is 9.36. The van der Waals surface area contributed by atoms with Crippen molar-refractivity contribution in [2.75, 3.05) is 85.2 Å². The Kier molecular flexibility index (Phi) is 17.1. The Morgan fingerprint density at radius 2 is 1.67 bits per heavy atom. The first kappa shape index (κ1) is 53.5. The third-order valence-electron chi connectivity index (χ3n) is 14.0. The summed E-state index contributed by atoms with van der Waals surface area (Å²) in [6, 6.07) is 14.0. The van der Waals surface area contributed by atoms with E-state index in [1.807, 2.05) is 60.3 Å². The van der Waals surface area contributed by atoms with Gasteiger partial charge in [-0.15, -0.1) is 0 Å². The number of thiol groups is 1. The largest absolute Gasteiger partial charge is 0.748 e. The Morgan fingerprint density at radius 1 is 0.971 bits per heavy atom. The van der Waals surface area contributed by atoms with E-state index in [9.17, 15) is 32.1 Å². The number of nitrogens with zero attached hydrogens (tertiary/aromatic N) is 5. The quantitative estimate of drug-likeness (QED) is 0.0231. The molecule has 2 aromatic rings. The highest BCUT2D eigenvalue weighted by Crippen LogP contribution is 2.50. The molecule has 6 rings (SSSR count). The lowest BCUT2D eigenvalue weighted by Crippen LogP contribution is -2.55. The van der Waals surface area contributed by atoms with Gasteiger partial charge in [0.05, 0.1) is 60.2 Å². The second-order valence-corrected chi connectivity index (χ2v) is 22.5. The van der Waals surface area contributed by atoms with Gasteiger partial charge in [-0.1, -0.05) is 74.4 Å². The summed E-state index contributed by atoms with van der Waals surface area (Å²) < 4.78 is 39.6. The molecule has 2 amide bonds. The molecule has 2 atom stereocenters. The smallest absolute Gasteiger partial charge is 0.325 e. The highest BCUT2D eigenvalue weighted by molar-refractivity contribution is 7.85. The Morgan fingerprint density at radius 3 is 2.35 bits per heavy atom. The number of rotatable bonds is 23. The summed E-state index contributed by atoms with van der Waals surface area (Å²) >= 11 is 3.65. The van der Waals surface area contributed by atoms with Gasteiger partial charge in [0.15, 0.2) is 11.5 Å². The molecule has 0 spiro atoms. The molecular weight excluding hydrogens is 917 g/mol. The SMILES string of the molecule is CN(CCCCCC(=O)ONS)CCNC(=O)C(CS(=O)(=O)[O-])NC(=O)[C@@H]1CCCN1C1=C(/C=C2/N(CCCC[N+](C)(C)C)c3ccccc3C2(C)C)C(=O)/C1=C\C1=[N+](C)c2ccccc2C1(C)C. The number of allylic oxidation sites excluding steroid dienone is 5. The highest BCUT2D eigenvalue weighted by Gasteiger charge is 2.49. The van der Waals surface area contributed by atoms with Crippen LogP contribution in [-0.2, 0) is 45.0 Å². The predicted molar refractivity (Wildman–Crippen MR) is 271 cm³/mol. The molecule has 69 heavy (non-hydrogen) atoms. The standard InChI is InChI=1S/C51H72N8O8S2/c1-50(2)37-20-12-14-22-40(37)56(6)43(50)32-35-46(36(47(35)61)33-44-51(3,4)38-21-13-15-23-41(38)57(44)28-17-18-31-59(7,8)9)58-29-19-24-42(58)49(63)53-39(34-69(64,65)66)48(62)52-26-30-55(5)27-16-10-11-25-45(60)67-54-68/h12-15,20-23,32-33,39,42,54,68H,10-11,16-19,24-31,34H2,1-9H3,(H-2,52,53,62,63,64,65,66)/p+1/t39?,42-/m0/s1. The minimum Gasteiger partial charge on any atom is -0.748 e. The molecule has 1 saturated heterocycles. The number of unbranched alkanes of at least 4 members (excludes halogenated alkanes) is 3. The molecule has 0 radical (unpaired) electrons. The number of ketones is 1. The van der Waals surface area contributed by atoms with Gasteiger partial charge in [0, 0.05) is 72.7 Å². The van der Waals surface area contributed by atoms with Crippen LogP contribution in [0, 0.1) is 0 Å². The third-order valence-corrected chi connectivity index (χ3v) is 14.8. The van der Waals surface area contributed by atoms with E-state index in [4.69, 9.17) is 0 Å². The zero-order valence-electron chi connectivity index (χ0n) is 41.9. The van der Waals surface area contributed by atoms with Crippen molar-refractivity contribution < 1.29 is 46.0 Å². The summed E-state index contributed by atoms with van der Waals surface area (Å²) in [5.41, 5.74) is 7.04. The minimum absolute atomic E-state index is 0.137.